The van der Waals surface area contributed by atoms with Crippen LogP contribution in [0.2, 0.25) is 0 Å². The van der Waals surface area contributed by atoms with Gasteiger partial charge in [0, 0.05) is 32.6 Å². The summed E-state index contributed by atoms with van der Waals surface area (Å²) >= 11 is 0. The van der Waals surface area contributed by atoms with E-state index in [1.807, 2.05) is 91.0 Å². The summed E-state index contributed by atoms with van der Waals surface area (Å²) in [4.78, 5) is 42.9. The monoisotopic (exact) mass is 499 g/mol. The maximum Gasteiger partial charge on any atom is 0.409 e. The molecule has 0 aromatic heterocycles. The van der Waals surface area contributed by atoms with Crippen molar-refractivity contribution >= 4 is 17.9 Å². The third kappa shape index (κ3) is 6.76. The summed E-state index contributed by atoms with van der Waals surface area (Å²) in [7, 11) is 0. The van der Waals surface area contributed by atoms with Crippen molar-refractivity contribution in [3.8, 4) is 0 Å². The zero-order chi connectivity index (χ0) is 26.0. The molecule has 7 nitrogen and oxygen atoms in total. The summed E-state index contributed by atoms with van der Waals surface area (Å²) in [5.74, 6) is -0.924. The minimum atomic E-state index is -0.737. The van der Waals surface area contributed by atoms with E-state index < -0.39 is 12.0 Å². The van der Waals surface area contributed by atoms with Gasteiger partial charge >= 0.3 is 6.09 Å². The van der Waals surface area contributed by atoms with Crippen molar-refractivity contribution in [1.82, 2.24) is 15.1 Å². The molecule has 0 spiro atoms. The largest absolute Gasteiger partial charge is 0.450 e. The molecule has 1 aliphatic heterocycles. The average molecular weight is 500 g/mol. The number of hydrogen-bond acceptors (Lipinski definition) is 4. The lowest BCUT2D eigenvalue weighted by molar-refractivity contribution is -0.137. The van der Waals surface area contributed by atoms with Gasteiger partial charge < -0.3 is 19.9 Å². The molecule has 4 rings (SSSR count). The number of piperazine rings is 1. The standard InChI is InChI=1S/C30H33N3O4/c1-2-37-30(36)33-20-18-32(19-21-33)29(35)26(22-23-12-6-3-7-13-23)31-28(34)27(24-14-8-4-9-15-24)25-16-10-5-11-17-25/h3-17,26-27H,2,18-22H2,1H3,(H,31,34). The fourth-order valence-corrected chi connectivity index (χ4v) is 4.64. The molecule has 1 fully saturated rings. The quantitative estimate of drug-likeness (QED) is 0.511. The van der Waals surface area contributed by atoms with E-state index in [0.717, 1.165) is 16.7 Å². The first-order chi connectivity index (χ1) is 18.1. The Balaban J connectivity index is 1.55. The number of benzene rings is 3. The molecule has 1 saturated heterocycles. The van der Waals surface area contributed by atoms with E-state index in [2.05, 4.69) is 5.32 Å². The molecule has 0 radical (unpaired) electrons. The van der Waals surface area contributed by atoms with Crippen LogP contribution in [0, 0.1) is 0 Å². The van der Waals surface area contributed by atoms with Gasteiger partial charge in [0.1, 0.15) is 6.04 Å². The number of hydrogen-bond donors (Lipinski definition) is 1. The average Bonchev–Trinajstić information content (AvgIpc) is 2.94. The van der Waals surface area contributed by atoms with Crippen LogP contribution in [0.1, 0.15) is 29.5 Å². The Labute approximate surface area is 218 Å². The molecule has 7 heteroatoms. The minimum absolute atomic E-state index is 0.152. The first-order valence-corrected chi connectivity index (χ1v) is 12.7. The number of nitrogens with one attached hydrogen (secondary N) is 1. The molecule has 0 bridgehead atoms. The van der Waals surface area contributed by atoms with Crippen LogP contribution in [0.5, 0.6) is 0 Å². The molecule has 3 amide bonds. The van der Waals surface area contributed by atoms with E-state index >= 15 is 0 Å². The SMILES string of the molecule is CCOC(=O)N1CCN(C(=O)C(Cc2ccccc2)NC(=O)C(c2ccccc2)c2ccccc2)CC1. The van der Waals surface area contributed by atoms with E-state index in [-0.39, 0.29) is 17.9 Å². The van der Waals surface area contributed by atoms with E-state index in [0.29, 0.717) is 39.2 Å². The van der Waals surface area contributed by atoms with Gasteiger partial charge in [0.25, 0.3) is 0 Å². The van der Waals surface area contributed by atoms with E-state index in [4.69, 9.17) is 4.74 Å². The van der Waals surface area contributed by atoms with Crippen molar-refractivity contribution in [3.63, 3.8) is 0 Å². The van der Waals surface area contributed by atoms with Crippen molar-refractivity contribution in [2.24, 2.45) is 0 Å². The third-order valence-electron chi connectivity index (χ3n) is 6.54. The van der Waals surface area contributed by atoms with E-state index in [9.17, 15) is 14.4 Å². The molecule has 1 aliphatic rings. The van der Waals surface area contributed by atoms with Crippen molar-refractivity contribution in [2.45, 2.75) is 25.3 Å². The van der Waals surface area contributed by atoms with Crippen molar-refractivity contribution in [2.75, 3.05) is 32.8 Å². The molecule has 1 N–H and O–H groups in total. The van der Waals surface area contributed by atoms with Crippen LogP contribution < -0.4 is 5.32 Å². The molecule has 1 unspecified atom stereocenters. The van der Waals surface area contributed by atoms with Crippen LogP contribution in [0.15, 0.2) is 91.0 Å². The van der Waals surface area contributed by atoms with Gasteiger partial charge in [-0.25, -0.2) is 4.79 Å². The summed E-state index contributed by atoms with van der Waals surface area (Å²) in [5.41, 5.74) is 2.68. The fourth-order valence-electron chi connectivity index (χ4n) is 4.64. The van der Waals surface area contributed by atoms with Crippen molar-refractivity contribution in [1.29, 1.82) is 0 Å². The Kier molecular flexibility index (Phi) is 8.92. The van der Waals surface area contributed by atoms with E-state index in [1.165, 1.54) is 0 Å². The highest BCUT2D eigenvalue weighted by atomic mass is 16.6. The summed E-state index contributed by atoms with van der Waals surface area (Å²) in [5, 5.41) is 3.08. The van der Waals surface area contributed by atoms with Gasteiger partial charge in [0.05, 0.1) is 12.5 Å². The Morgan fingerprint density at radius 2 is 1.24 bits per heavy atom. The Morgan fingerprint density at radius 1 is 0.757 bits per heavy atom. The van der Waals surface area contributed by atoms with Gasteiger partial charge in [-0.1, -0.05) is 91.0 Å². The maximum absolute atomic E-state index is 13.8. The summed E-state index contributed by atoms with van der Waals surface area (Å²) in [6.45, 7) is 3.65. The second-order valence-electron chi connectivity index (χ2n) is 9.02. The van der Waals surface area contributed by atoms with Crippen LogP contribution in [0.25, 0.3) is 0 Å². The lowest BCUT2D eigenvalue weighted by atomic mass is 9.90. The van der Waals surface area contributed by atoms with Gasteiger partial charge in [-0.3, -0.25) is 9.59 Å². The molecule has 1 atom stereocenters. The normalized spacial score (nSPS) is 14.2. The van der Waals surface area contributed by atoms with Crippen molar-refractivity contribution in [3.05, 3.63) is 108 Å². The molecule has 37 heavy (non-hydrogen) atoms. The smallest absolute Gasteiger partial charge is 0.409 e. The number of ether oxygens (including phenoxy) is 1. The number of carbonyl (C=O) groups excluding carboxylic acids is 3. The third-order valence-corrected chi connectivity index (χ3v) is 6.54. The Morgan fingerprint density at radius 3 is 1.76 bits per heavy atom. The zero-order valence-corrected chi connectivity index (χ0v) is 21.1. The second kappa shape index (κ2) is 12.7. The molecular weight excluding hydrogens is 466 g/mol. The van der Waals surface area contributed by atoms with Gasteiger partial charge in [0.2, 0.25) is 11.8 Å². The second-order valence-corrected chi connectivity index (χ2v) is 9.02. The summed E-state index contributed by atoms with van der Waals surface area (Å²) in [6, 6.07) is 28.1. The minimum Gasteiger partial charge on any atom is -0.450 e. The predicted molar refractivity (Wildman–Crippen MR) is 142 cm³/mol. The van der Waals surface area contributed by atoms with Gasteiger partial charge in [-0.05, 0) is 23.6 Å². The molecule has 0 saturated carbocycles. The van der Waals surface area contributed by atoms with Crippen LogP contribution in [-0.2, 0) is 20.7 Å². The molecular formula is C30H33N3O4. The molecule has 3 aromatic rings. The summed E-state index contributed by atoms with van der Waals surface area (Å²) in [6.07, 6.45) is 0.0112. The highest BCUT2D eigenvalue weighted by molar-refractivity contribution is 5.92. The highest BCUT2D eigenvalue weighted by Gasteiger charge is 2.32. The first-order valence-electron chi connectivity index (χ1n) is 12.7. The van der Waals surface area contributed by atoms with Crippen LogP contribution in [-0.4, -0.2) is 66.5 Å². The lowest BCUT2D eigenvalue weighted by Gasteiger charge is -2.36. The topological polar surface area (TPSA) is 79.0 Å². The molecule has 0 aliphatic carbocycles. The number of amides is 3. The van der Waals surface area contributed by atoms with Crippen LogP contribution >= 0.6 is 0 Å². The fraction of sp³-hybridized carbons (Fsp3) is 0.300. The van der Waals surface area contributed by atoms with Gasteiger partial charge in [0.15, 0.2) is 0 Å². The highest BCUT2D eigenvalue weighted by Crippen LogP contribution is 2.25. The lowest BCUT2D eigenvalue weighted by Crippen LogP contribution is -2.56. The van der Waals surface area contributed by atoms with Crippen molar-refractivity contribution < 1.29 is 19.1 Å². The number of rotatable bonds is 8. The molecule has 192 valence electrons. The zero-order valence-electron chi connectivity index (χ0n) is 21.1. The van der Waals surface area contributed by atoms with Gasteiger partial charge in [-0.15, -0.1) is 0 Å². The number of carbonyl (C=O) groups is 3. The molecule has 3 aromatic carbocycles. The summed E-state index contributed by atoms with van der Waals surface area (Å²) < 4.78 is 5.09. The number of nitrogens with zero attached hydrogens (tertiary/aromatic N) is 2. The van der Waals surface area contributed by atoms with E-state index in [1.54, 1.807) is 16.7 Å². The molecule has 1 heterocycles. The first kappa shape index (κ1) is 25.9. The van der Waals surface area contributed by atoms with Gasteiger partial charge in [-0.2, -0.15) is 0 Å². The maximum atomic E-state index is 13.8. The predicted octanol–water partition coefficient (Wildman–Crippen LogP) is 3.85. The Bertz CT molecular complexity index is 1120. The van der Waals surface area contributed by atoms with Crippen LogP contribution in [0.4, 0.5) is 4.79 Å². The van der Waals surface area contributed by atoms with Crippen LogP contribution in [0.3, 0.4) is 0 Å². The Hall–Kier alpha value is -4.13.